The van der Waals surface area contributed by atoms with Crippen LogP contribution in [-0.2, 0) is 17.7 Å². The zero-order valence-electron chi connectivity index (χ0n) is 12.4. The molecule has 20 heavy (non-hydrogen) atoms. The van der Waals surface area contributed by atoms with Crippen LogP contribution in [0.4, 0.5) is 4.79 Å². The first-order valence-corrected chi connectivity index (χ1v) is 8.05. The van der Waals surface area contributed by atoms with Gasteiger partial charge in [-0.1, -0.05) is 6.92 Å². The highest BCUT2D eigenvalue weighted by molar-refractivity contribution is 7.11. The van der Waals surface area contributed by atoms with Gasteiger partial charge in [-0.25, -0.2) is 9.78 Å². The van der Waals surface area contributed by atoms with Crippen LogP contribution < -0.4 is 5.32 Å². The maximum absolute atomic E-state index is 11.6. The summed E-state index contributed by atoms with van der Waals surface area (Å²) in [4.78, 5) is 19.2. The molecule has 2 rings (SSSR count). The van der Waals surface area contributed by atoms with Crippen molar-refractivity contribution in [1.29, 1.82) is 0 Å². The molecule has 0 radical (unpaired) electrons. The van der Waals surface area contributed by atoms with Crippen LogP contribution in [0.1, 0.15) is 35.8 Å². The Morgan fingerprint density at radius 3 is 3.00 bits per heavy atom. The van der Waals surface area contributed by atoms with E-state index in [1.807, 2.05) is 6.92 Å². The third-order valence-electron chi connectivity index (χ3n) is 3.50. The fourth-order valence-corrected chi connectivity index (χ4v) is 3.31. The number of rotatable bonds is 5. The van der Waals surface area contributed by atoms with E-state index in [0.29, 0.717) is 12.6 Å². The highest BCUT2D eigenvalue weighted by Crippen LogP contribution is 2.19. The molecule has 1 fully saturated rings. The topological polar surface area (TPSA) is 54.5 Å². The van der Waals surface area contributed by atoms with Gasteiger partial charge in [0, 0.05) is 30.6 Å². The van der Waals surface area contributed by atoms with Gasteiger partial charge in [-0.2, -0.15) is 0 Å². The van der Waals surface area contributed by atoms with E-state index in [9.17, 15) is 4.79 Å². The van der Waals surface area contributed by atoms with Crippen molar-refractivity contribution >= 4 is 17.4 Å². The minimum Gasteiger partial charge on any atom is -0.450 e. The normalized spacial score (nSPS) is 18.6. The van der Waals surface area contributed by atoms with Crippen LogP contribution in [0, 0.1) is 6.92 Å². The third kappa shape index (κ3) is 3.70. The molecule has 1 aliphatic rings. The van der Waals surface area contributed by atoms with Gasteiger partial charge < -0.3 is 15.0 Å². The Balaban J connectivity index is 1.80. The Labute approximate surface area is 124 Å². The SMILES string of the molecule is CCOC(=O)N1CC[C@@H](NCc2sc(CC)nc2C)C1. The number of nitrogens with zero attached hydrogens (tertiary/aromatic N) is 2. The fraction of sp³-hybridized carbons (Fsp3) is 0.714. The van der Waals surface area contributed by atoms with Crippen molar-refractivity contribution in [1.82, 2.24) is 15.2 Å². The molecule has 1 aromatic rings. The third-order valence-corrected chi connectivity index (χ3v) is 4.81. The molecule has 0 saturated carbocycles. The van der Waals surface area contributed by atoms with E-state index in [0.717, 1.165) is 38.2 Å². The van der Waals surface area contributed by atoms with E-state index in [2.05, 4.69) is 24.1 Å². The van der Waals surface area contributed by atoms with Crippen LogP contribution in [0.25, 0.3) is 0 Å². The lowest BCUT2D eigenvalue weighted by Gasteiger charge is -2.16. The summed E-state index contributed by atoms with van der Waals surface area (Å²) in [6.07, 6.45) is 1.78. The van der Waals surface area contributed by atoms with E-state index in [1.54, 1.807) is 16.2 Å². The smallest absolute Gasteiger partial charge is 0.409 e. The first kappa shape index (κ1) is 15.3. The van der Waals surface area contributed by atoms with E-state index >= 15 is 0 Å². The number of ether oxygens (including phenoxy) is 1. The maximum Gasteiger partial charge on any atom is 0.409 e. The Hall–Kier alpha value is -1.14. The Kier molecular flexibility index (Phi) is 5.37. The summed E-state index contributed by atoms with van der Waals surface area (Å²) in [5.41, 5.74) is 1.12. The van der Waals surface area contributed by atoms with E-state index in [1.165, 1.54) is 9.88 Å². The van der Waals surface area contributed by atoms with Crippen LogP contribution in [-0.4, -0.2) is 41.7 Å². The molecule has 5 nitrogen and oxygen atoms in total. The zero-order chi connectivity index (χ0) is 14.5. The Bertz CT molecular complexity index is 461. The van der Waals surface area contributed by atoms with Crippen LogP contribution in [0.2, 0.25) is 0 Å². The number of carbonyl (C=O) groups excluding carboxylic acids is 1. The molecular formula is C14H23N3O2S. The summed E-state index contributed by atoms with van der Waals surface area (Å²) in [5, 5.41) is 4.72. The van der Waals surface area contributed by atoms with Gasteiger partial charge in [0.25, 0.3) is 0 Å². The molecule has 1 atom stereocenters. The number of hydrogen-bond acceptors (Lipinski definition) is 5. The predicted molar refractivity (Wildman–Crippen MR) is 80.1 cm³/mol. The second-order valence-electron chi connectivity index (χ2n) is 4.98. The molecule has 1 aromatic heterocycles. The van der Waals surface area contributed by atoms with Gasteiger partial charge in [-0.15, -0.1) is 11.3 Å². The van der Waals surface area contributed by atoms with Crippen LogP contribution in [0.5, 0.6) is 0 Å². The summed E-state index contributed by atoms with van der Waals surface area (Å²) in [5.74, 6) is 0. The summed E-state index contributed by atoms with van der Waals surface area (Å²) < 4.78 is 5.03. The fourth-order valence-electron chi connectivity index (χ4n) is 2.35. The van der Waals surface area contributed by atoms with Crippen LogP contribution in [0.3, 0.4) is 0 Å². The lowest BCUT2D eigenvalue weighted by atomic mass is 10.2. The van der Waals surface area contributed by atoms with E-state index in [4.69, 9.17) is 4.74 Å². The van der Waals surface area contributed by atoms with Crippen molar-refractivity contribution in [3.05, 3.63) is 15.6 Å². The number of aromatic nitrogens is 1. The number of carbonyl (C=O) groups is 1. The zero-order valence-corrected chi connectivity index (χ0v) is 13.3. The van der Waals surface area contributed by atoms with Crippen molar-refractivity contribution in [2.75, 3.05) is 19.7 Å². The number of likely N-dealkylation sites (tertiary alicyclic amines) is 1. The first-order valence-electron chi connectivity index (χ1n) is 7.24. The molecule has 6 heteroatoms. The molecule has 1 aliphatic heterocycles. The van der Waals surface area contributed by atoms with Gasteiger partial charge in [0.15, 0.2) is 0 Å². The highest BCUT2D eigenvalue weighted by Gasteiger charge is 2.26. The summed E-state index contributed by atoms with van der Waals surface area (Å²) in [7, 11) is 0. The number of thiazole rings is 1. The quantitative estimate of drug-likeness (QED) is 0.906. The summed E-state index contributed by atoms with van der Waals surface area (Å²) >= 11 is 1.78. The highest BCUT2D eigenvalue weighted by atomic mass is 32.1. The molecule has 0 aromatic carbocycles. The Morgan fingerprint density at radius 2 is 2.35 bits per heavy atom. The molecule has 2 heterocycles. The Morgan fingerprint density at radius 1 is 1.55 bits per heavy atom. The van der Waals surface area contributed by atoms with Crippen molar-refractivity contribution in [2.24, 2.45) is 0 Å². The number of hydrogen-bond donors (Lipinski definition) is 1. The van der Waals surface area contributed by atoms with Crippen LogP contribution in [0.15, 0.2) is 0 Å². The predicted octanol–water partition coefficient (Wildman–Crippen LogP) is 2.33. The van der Waals surface area contributed by atoms with E-state index < -0.39 is 0 Å². The van der Waals surface area contributed by atoms with E-state index in [-0.39, 0.29) is 6.09 Å². The minimum atomic E-state index is -0.195. The number of aryl methyl sites for hydroxylation is 2. The van der Waals surface area contributed by atoms with Gasteiger partial charge in [-0.3, -0.25) is 0 Å². The molecule has 112 valence electrons. The summed E-state index contributed by atoms with van der Waals surface area (Å²) in [6.45, 7) is 8.81. The largest absolute Gasteiger partial charge is 0.450 e. The van der Waals surface area contributed by atoms with Gasteiger partial charge in [0.1, 0.15) is 0 Å². The molecular weight excluding hydrogens is 274 g/mol. The molecule has 0 unspecified atom stereocenters. The lowest BCUT2D eigenvalue weighted by molar-refractivity contribution is 0.115. The summed E-state index contributed by atoms with van der Waals surface area (Å²) in [6, 6.07) is 0.353. The molecule has 0 bridgehead atoms. The first-order chi connectivity index (χ1) is 9.63. The monoisotopic (exact) mass is 297 g/mol. The van der Waals surface area contributed by atoms with Crippen molar-refractivity contribution < 1.29 is 9.53 Å². The maximum atomic E-state index is 11.6. The van der Waals surface area contributed by atoms with Crippen molar-refractivity contribution in [3.63, 3.8) is 0 Å². The molecule has 0 aliphatic carbocycles. The molecule has 1 N–H and O–H groups in total. The van der Waals surface area contributed by atoms with Gasteiger partial charge >= 0.3 is 6.09 Å². The van der Waals surface area contributed by atoms with Gasteiger partial charge in [-0.05, 0) is 26.7 Å². The average molecular weight is 297 g/mol. The molecule has 0 spiro atoms. The van der Waals surface area contributed by atoms with Crippen molar-refractivity contribution in [3.8, 4) is 0 Å². The number of nitrogens with one attached hydrogen (secondary N) is 1. The molecule has 1 saturated heterocycles. The van der Waals surface area contributed by atoms with Gasteiger partial charge in [0.2, 0.25) is 0 Å². The van der Waals surface area contributed by atoms with Gasteiger partial charge in [0.05, 0.1) is 17.3 Å². The second kappa shape index (κ2) is 7.04. The standard InChI is InChI=1S/C14H23N3O2S/c1-4-13-16-10(3)12(20-13)8-15-11-6-7-17(9-11)14(18)19-5-2/h11,15H,4-9H2,1-3H3/t11-/m1/s1. The van der Waals surface area contributed by atoms with Crippen molar-refractivity contribution in [2.45, 2.75) is 46.2 Å². The minimum absolute atomic E-state index is 0.195. The second-order valence-corrected chi connectivity index (χ2v) is 6.15. The molecule has 1 amide bonds. The lowest BCUT2D eigenvalue weighted by Crippen LogP contribution is -2.35. The number of amides is 1. The average Bonchev–Trinajstić information content (AvgIpc) is 3.03. The van der Waals surface area contributed by atoms with Crippen LogP contribution >= 0.6 is 11.3 Å².